The minimum atomic E-state index is -1.50. The van der Waals surface area contributed by atoms with Crippen LogP contribution in [0.4, 0.5) is 0 Å². The average Bonchev–Trinajstić information content (AvgIpc) is 3.18. The summed E-state index contributed by atoms with van der Waals surface area (Å²) in [6, 6.07) is -3.98. The Balaban J connectivity index is 2.83. The summed E-state index contributed by atoms with van der Waals surface area (Å²) in [6.07, 6.45) is 1.74. The predicted octanol–water partition coefficient (Wildman–Crippen LogP) is -1.48. The molecule has 0 saturated carbocycles. The number of carbonyl (C=O) groups excluding carboxylic acids is 3. The number of likely N-dealkylation sites (tertiary alicyclic amines) is 1. The first-order valence-electron chi connectivity index (χ1n) is 10.8. The van der Waals surface area contributed by atoms with Gasteiger partial charge in [0.2, 0.25) is 17.7 Å². The van der Waals surface area contributed by atoms with Crippen LogP contribution in [-0.2, 0) is 19.2 Å². The molecular formula is C20H37N5O6. The SMILES string of the molecule is CC(C)C(NC(=O)C1CCCN1C(=O)C(N)CCCCN)C(=O)NC(C(=O)O)C(C)O. The maximum Gasteiger partial charge on any atom is 0.328 e. The Hall–Kier alpha value is -2.24. The second-order valence-electron chi connectivity index (χ2n) is 8.38. The number of aliphatic carboxylic acids is 1. The molecule has 8 N–H and O–H groups in total. The van der Waals surface area contributed by atoms with Gasteiger partial charge in [-0.1, -0.05) is 20.3 Å². The highest BCUT2D eigenvalue weighted by Crippen LogP contribution is 2.20. The van der Waals surface area contributed by atoms with E-state index in [1.54, 1.807) is 13.8 Å². The fourth-order valence-corrected chi connectivity index (χ4v) is 3.56. The number of nitrogens with zero attached hydrogens (tertiary/aromatic N) is 1. The molecule has 1 heterocycles. The third kappa shape index (κ3) is 7.75. The molecule has 0 aromatic rings. The van der Waals surface area contributed by atoms with Gasteiger partial charge < -0.3 is 37.2 Å². The van der Waals surface area contributed by atoms with Crippen LogP contribution in [0.1, 0.15) is 52.9 Å². The zero-order valence-electron chi connectivity index (χ0n) is 18.5. The van der Waals surface area contributed by atoms with E-state index >= 15 is 0 Å². The molecule has 5 atom stereocenters. The van der Waals surface area contributed by atoms with E-state index in [1.165, 1.54) is 11.8 Å². The zero-order chi connectivity index (χ0) is 23.7. The minimum absolute atomic E-state index is 0.305. The molecule has 0 aromatic heterocycles. The molecule has 0 spiro atoms. The lowest BCUT2D eigenvalue weighted by Gasteiger charge is -2.30. The lowest BCUT2D eigenvalue weighted by Crippen LogP contribution is -2.59. The first-order valence-corrected chi connectivity index (χ1v) is 10.8. The van der Waals surface area contributed by atoms with Crippen LogP contribution in [0, 0.1) is 5.92 Å². The number of carbonyl (C=O) groups is 4. The Labute approximate surface area is 182 Å². The number of carboxylic acids is 1. The number of rotatable bonds is 12. The Kier molecular flexibility index (Phi) is 10.9. The molecule has 178 valence electrons. The van der Waals surface area contributed by atoms with Crippen molar-refractivity contribution in [1.29, 1.82) is 0 Å². The summed E-state index contributed by atoms with van der Waals surface area (Å²) in [7, 11) is 0. The van der Waals surface area contributed by atoms with Crippen molar-refractivity contribution in [1.82, 2.24) is 15.5 Å². The maximum atomic E-state index is 12.9. The van der Waals surface area contributed by atoms with Gasteiger partial charge in [0.1, 0.15) is 12.1 Å². The largest absolute Gasteiger partial charge is 0.480 e. The molecule has 11 nitrogen and oxygen atoms in total. The normalized spacial score (nSPS) is 20.1. The van der Waals surface area contributed by atoms with E-state index in [1.807, 2.05) is 0 Å². The number of nitrogens with one attached hydrogen (secondary N) is 2. The zero-order valence-corrected chi connectivity index (χ0v) is 18.5. The number of hydrogen-bond acceptors (Lipinski definition) is 7. The van der Waals surface area contributed by atoms with Crippen LogP contribution in [0.3, 0.4) is 0 Å². The topological polar surface area (TPSA) is 188 Å². The summed E-state index contributed by atoms with van der Waals surface area (Å²) >= 11 is 0. The molecule has 1 rings (SSSR count). The number of carboxylic acid groups (broad SMARTS) is 1. The van der Waals surface area contributed by atoms with Gasteiger partial charge in [-0.25, -0.2) is 4.79 Å². The Morgan fingerprint density at radius 1 is 1.10 bits per heavy atom. The van der Waals surface area contributed by atoms with E-state index in [4.69, 9.17) is 16.6 Å². The number of unbranched alkanes of at least 4 members (excludes halogenated alkanes) is 1. The standard InChI is InChI=1S/C20H37N5O6/c1-11(2)15(18(28)24-16(12(3)26)20(30)31)23-17(27)14-8-6-10-25(14)19(29)13(22)7-4-5-9-21/h11-16,26H,4-10,21-22H2,1-3H3,(H,23,27)(H,24,28)(H,30,31). The van der Waals surface area contributed by atoms with Crippen LogP contribution in [0.2, 0.25) is 0 Å². The van der Waals surface area contributed by atoms with Crippen molar-refractivity contribution in [3.8, 4) is 0 Å². The van der Waals surface area contributed by atoms with Crippen LogP contribution in [0.25, 0.3) is 0 Å². The summed E-state index contributed by atoms with van der Waals surface area (Å²) in [5.41, 5.74) is 11.5. The molecule has 0 aromatic carbocycles. The fourth-order valence-electron chi connectivity index (χ4n) is 3.56. The minimum Gasteiger partial charge on any atom is -0.480 e. The number of aliphatic hydroxyl groups excluding tert-OH is 1. The lowest BCUT2D eigenvalue weighted by atomic mass is 10.0. The van der Waals surface area contributed by atoms with E-state index in [2.05, 4.69) is 10.6 Å². The summed E-state index contributed by atoms with van der Waals surface area (Å²) in [5, 5.41) is 23.7. The third-order valence-electron chi connectivity index (χ3n) is 5.42. The Morgan fingerprint density at radius 2 is 1.74 bits per heavy atom. The second-order valence-corrected chi connectivity index (χ2v) is 8.38. The molecule has 0 radical (unpaired) electrons. The molecule has 5 unspecified atom stereocenters. The van der Waals surface area contributed by atoms with Crippen molar-refractivity contribution in [2.45, 2.75) is 83.1 Å². The summed E-state index contributed by atoms with van der Waals surface area (Å²) in [4.78, 5) is 50.9. The highest BCUT2D eigenvalue weighted by Gasteiger charge is 2.38. The molecule has 31 heavy (non-hydrogen) atoms. The molecule has 3 amide bonds. The van der Waals surface area contributed by atoms with Crippen molar-refractivity contribution in [3.63, 3.8) is 0 Å². The summed E-state index contributed by atoms with van der Waals surface area (Å²) < 4.78 is 0. The molecule has 1 saturated heterocycles. The highest BCUT2D eigenvalue weighted by molar-refractivity contribution is 5.94. The second kappa shape index (κ2) is 12.6. The van der Waals surface area contributed by atoms with Crippen LogP contribution >= 0.6 is 0 Å². The number of aliphatic hydroxyl groups is 1. The summed E-state index contributed by atoms with van der Waals surface area (Å²) in [5.74, 6) is -3.24. The molecule has 1 aliphatic rings. The molecule has 1 fully saturated rings. The van der Waals surface area contributed by atoms with Gasteiger partial charge in [0.25, 0.3) is 0 Å². The van der Waals surface area contributed by atoms with Crippen molar-refractivity contribution >= 4 is 23.7 Å². The third-order valence-corrected chi connectivity index (χ3v) is 5.42. The number of amides is 3. The Morgan fingerprint density at radius 3 is 2.26 bits per heavy atom. The van der Waals surface area contributed by atoms with E-state index in [0.717, 1.165) is 12.8 Å². The molecular weight excluding hydrogens is 406 g/mol. The van der Waals surface area contributed by atoms with Crippen LogP contribution < -0.4 is 22.1 Å². The predicted molar refractivity (Wildman–Crippen MR) is 114 cm³/mol. The van der Waals surface area contributed by atoms with Gasteiger partial charge in [0.05, 0.1) is 12.1 Å². The van der Waals surface area contributed by atoms with Crippen molar-refractivity contribution < 1.29 is 29.4 Å². The molecule has 1 aliphatic heterocycles. The van der Waals surface area contributed by atoms with Gasteiger partial charge in [-0.2, -0.15) is 0 Å². The van der Waals surface area contributed by atoms with Crippen molar-refractivity contribution in [3.05, 3.63) is 0 Å². The molecule has 0 aliphatic carbocycles. The van der Waals surface area contributed by atoms with Gasteiger partial charge in [0, 0.05) is 6.54 Å². The number of hydrogen-bond donors (Lipinski definition) is 6. The summed E-state index contributed by atoms with van der Waals surface area (Å²) in [6.45, 7) is 5.58. The van der Waals surface area contributed by atoms with Gasteiger partial charge in [-0.3, -0.25) is 14.4 Å². The maximum absolute atomic E-state index is 12.9. The van der Waals surface area contributed by atoms with E-state index < -0.39 is 48.1 Å². The van der Waals surface area contributed by atoms with Gasteiger partial charge >= 0.3 is 5.97 Å². The van der Waals surface area contributed by atoms with Crippen LogP contribution in [-0.4, -0.2) is 82.2 Å². The lowest BCUT2D eigenvalue weighted by molar-refractivity contribution is -0.146. The first kappa shape index (κ1) is 26.8. The van der Waals surface area contributed by atoms with Gasteiger partial charge in [-0.05, 0) is 45.1 Å². The molecule has 0 bridgehead atoms. The number of nitrogens with two attached hydrogens (primary N) is 2. The fraction of sp³-hybridized carbons (Fsp3) is 0.800. The van der Waals surface area contributed by atoms with E-state index in [9.17, 15) is 24.3 Å². The average molecular weight is 444 g/mol. The van der Waals surface area contributed by atoms with Crippen LogP contribution in [0.15, 0.2) is 0 Å². The van der Waals surface area contributed by atoms with E-state index in [-0.39, 0.29) is 11.8 Å². The Bertz CT molecular complexity index is 642. The van der Waals surface area contributed by atoms with Crippen molar-refractivity contribution in [2.24, 2.45) is 17.4 Å². The smallest absolute Gasteiger partial charge is 0.328 e. The first-order chi connectivity index (χ1) is 14.5. The van der Waals surface area contributed by atoms with Crippen molar-refractivity contribution in [2.75, 3.05) is 13.1 Å². The highest BCUT2D eigenvalue weighted by atomic mass is 16.4. The van der Waals surface area contributed by atoms with E-state index in [0.29, 0.717) is 32.4 Å². The molecule has 11 heteroatoms. The van der Waals surface area contributed by atoms with Gasteiger partial charge in [0.15, 0.2) is 6.04 Å². The van der Waals surface area contributed by atoms with Crippen LogP contribution in [0.5, 0.6) is 0 Å². The van der Waals surface area contributed by atoms with Gasteiger partial charge in [-0.15, -0.1) is 0 Å². The quantitative estimate of drug-likeness (QED) is 0.197. The monoisotopic (exact) mass is 443 g/mol.